The molecule has 0 radical (unpaired) electrons. The summed E-state index contributed by atoms with van der Waals surface area (Å²) in [7, 11) is 0. The maximum atomic E-state index is 12.2. The molecule has 4 heterocycles. The lowest BCUT2D eigenvalue weighted by atomic mass is 9.93. The molecule has 1 amide bonds. The van der Waals surface area contributed by atoms with E-state index >= 15 is 0 Å². The molecule has 0 unspecified atom stereocenters. The number of hydrogen-bond acceptors (Lipinski definition) is 9. The van der Waals surface area contributed by atoms with Crippen LogP contribution < -0.4 is 21.1 Å². The second-order valence-corrected chi connectivity index (χ2v) is 7.88. The van der Waals surface area contributed by atoms with Gasteiger partial charge in [-0.1, -0.05) is 0 Å². The molecular weight excluding hydrogens is 424 g/mol. The zero-order chi connectivity index (χ0) is 22.9. The molecule has 1 fully saturated rings. The lowest BCUT2D eigenvalue weighted by Crippen LogP contribution is -2.22. The third kappa shape index (κ3) is 3.83. The van der Waals surface area contributed by atoms with Gasteiger partial charge in [0.1, 0.15) is 30.3 Å². The molecule has 2 aliphatic rings. The molecular formula is C23H22N6O4. The van der Waals surface area contributed by atoms with Crippen LogP contribution in [-0.4, -0.2) is 48.5 Å². The Morgan fingerprint density at radius 3 is 2.97 bits per heavy atom. The topological polar surface area (TPSA) is 144 Å². The first kappa shape index (κ1) is 20.8. The van der Waals surface area contributed by atoms with Crippen LogP contribution in [0.1, 0.15) is 17.5 Å². The van der Waals surface area contributed by atoms with E-state index in [1.54, 1.807) is 12.3 Å². The standard InChI is InChI=1S/C23H22N6O4/c1-12-17(9-28-22-21(12)26-3-5-32-22)15-6-13-7-19(27-10-18(13)20(25)16(15)8-24)29-23(30)33-14-2-4-31-11-14/h6-7,9-10,14,26H,2-5,11,25H2,1H3,(H,27,29,30)/t14-/m1/s1. The zero-order valence-corrected chi connectivity index (χ0v) is 18.0. The fourth-order valence-electron chi connectivity index (χ4n) is 4.11. The summed E-state index contributed by atoms with van der Waals surface area (Å²) in [5.74, 6) is 0.855. The third-order valence-electron chi connectivity index (χ3n) is 5.80. The SMILES string of the molecule is Cc1c(-c2cc3cc(NC(=O)O[C@@H]4CCOC4)ncc3c(N)c2C#N)cnc2c1NCCO2. The molecule has 0 spiro atoms. The Kier molecular flexibility index (Phi) is 5.32. The van der Waals surface area contributed by atoms with Gasteiger partial charge < -0.3 is 25.3 Å². The lowest BCUT2D eigenvalue weighted by Gasteiger charge is -2.22. The number of rotatable bonds is 3. The van der Waals surface area contributed by atoms with Crippen LogP contribution in [0.3, 0.4) is 0 Å². The first-order valence-electron chi connectivity index (χ1n) is 10.6. The number of benzene rings is 1. The van der Waals surface area contributed by atoms with E-state index in [0.29, 0.717) is 66.7 Å². The number of hydrogen-bond donors (Lipinski definition) is 3. The molecule has 10 heteroatoms. The van der Waals surface area contributed by atoms with Crippen molar-refractivity contribution >= 4 is 34.1 Å². The smallest absolute Gasteiger partial charge is 0.413 e. The van der Waals surface area contributed by atoms with E-state index in [0.717, 1.165) is 22.2 Å². The number of ether oxygens (including phenoxy) is 3. The van der Waals surface area contributed by atoms with E-state index in [2.05, 4.69) is 26.7 Å². The van der Waals surface area contributed by atoms with Crippen LogP contribution in [0.5, 0.6) is 5.88 Å². The second kappa shape index (κ2) is 8.44. The van der Waals surface area contributed by atoms with Crippen LogP contribution in [0.2, 0.25) is 0 Å². The minimum Gasteiger partial charge on any atom is -0.474 e. The molecule has 4 N–H and O–H groups in total. The highest BCUT2D eigenvalue weighted by Crippen LogP contribution is 2.40. The summed E-state index contributed by atoms with van der Waals surface area (Å²) in [4.78, 5) is 20.9. The number of nitrogens with zero attached hydrogens (tertiary/aromatic N) is 3. The molecule has 2 aromatic heterocycles. The second-order valence-electron chi connectivity index (χ2n) is 7.88. The minimum atomic E-state index is -0.597. The predicted molar refractivity (Wildman–Crippen MR) is 122 cm³/mol. The molecule has 168 valence electrons. The Labute approximate surface area is 189 Å². The summed E-state index contributed by atoms with van der Waals surface area (Å²) >= 11 is 0. The van der Waals surface area contributed by atoms with Gasteiger partial charge in [-0.25, -0.2) is 14.8 Å². The fourth-order valence-corrected chi connectivity index (χ4v) is 4.11. The summed E-state index contributed by atoms with van der Waals surface area (Å²) in [5.41, 5.74) is 10.1. The Balaban J connectivity index is 1.54. The molecule has 1 atom stereocenters. The summed E-state index contributed by atoms with van der Waals surface area (Å²) in [6, 6.07) is 5.77. The van der Waals surface area contributed by atoms with E-state index in [1.807, 2.05) is 13.0 Å². The van der Waals surface area contributed by atoms with Gasteiger partial charge in [0.05, 0.1) is 24.5 Å². The summed E-state index contributed by atoms with van der Waals surface area (Å²) in [5, 5.41) is 17.2. The number of anilines is 3. The minimum absolute atomic E-state index is 0.261. The number of nitrogens with one attached hydrogen (secondary N) is 2. The number of amides is 1. The molecule has 1 saturated heterocycles. The fraction of sp³-hybridized carbons (Fsp3) is 0.304. The van der Waals surface area contributed by atoms with Crippen LogP contribution in [0.25, 0.3) is 21.9 Å². The highest BCUT2D eigenvalue weighted by Gasteiger charge is 2.22. The quantitative estimate of drug-likeness (QED) is 0.516. The number of aromatic nitrogens is 2. The zero-order valence-electron chi connectivity index (χ0n) is 18.0. The molecule has 0 aliphatic carbocycles. The van der Waals surface area contributed by atoms with Gasteiger partial charge in [0, 0.05) is 41.9 Å². The first-order valence-corrected chi connectivity index (χ1v) is 10.6. The summed E-state index contributed by atoms with van der Waals surface area (Å²) < 4.78 is 16.2. The average molecular weight is 446 g/mol. The largest absolute Gasteiger partial charge is 0.474 e. The number of nitrogens with two attached hydrogens (primary N) is 1. The van der Waals surface area contributed by atoms with Crippen molar-refractivity contribution in [3.63, 3.8) is 0 Å². The van der Waals surface area contributed by atoms with Crippen LogP contribution in [0.15, 0.2) is 24.5 Å². The van der Waals surface area contributed by atoms with Gasteiger partial charge in [-0.3, -0.25) is 5.32 Å². The number of fused-ring (bicyclic) bond motifs is 2. The van der Waals surface area contributed by atoms with Crippen molar-refractivity contribution in [2.45, 2.75) is 19.4 Å². The van der Waals surface area contributed by atoms with E-state index in [-0.39, 0.29) is 6.10 Å². The molecule has 0 bridgehead atoms. The molecule has 2 aliphatic heterocycles. The summed E-state index contributed by atoms with van der Waals surface area (Å²) in [6.45, 7) is 4.14. The van der Waals surface area contributed by atoms with Crippen molar-refractivity contribution in [1.82, 2.24) is 9.97 Å². The van der Waals surface area contributed by atoms with E-state index in [9.17, 15) is 10.1 Å². The summed E-state index contributed by atoms with van der Waals surface area (Å²) in [6.07, 6.45) is 3.03. The van der Waals surface area contributed by atoms with E-state index in [4.69, 9.17) is 19.9 Å². The Morgan fingerprint density at radius 1 is 1.30 bits per heavy atom. The number of nitrogen functional groups attached to an aromatic ring is 1. The van der Waals surface area contributed by atoms with Crippen LogP contribution in [0.4, 0.5) is 22.0 Å². The van der Waals surface area contributed by atoms with Crippen molar-refractivity contribution in [3.05, 3.63) is 35.7 Å². The number of carbonyl (C=O) groups is 1. The van der Waals surface area contributed by atoms with Gasteiger partial charge in [-0.15, -0.1) is 0 Å². The van der Waals surface area contributed by atoms with Crippen molar-refractivity contribution < 1.29 is 19.0 Å². The molecule has 3 aromatic rings. The van der Waals surface area contributed by atoms with Crippen molar-refractivity contribution in [2.75, 3.05) is 42.7 Å². The van der Waals surface area contributed by atoms with Gasteiger partial charge in [-0.2, -0.15) is 5.26 Å². The Bertz CT molecular complexity index is 1300. The number of carbonyl (C=O) groups excluding carboxylic acids is 1. The van der Waals surface area contributed by atoms with Gasteiger partial charge >= 0.3 is 6.09 Å². The van der Waals surface area contributed by atoms with Crippen LogP contribution in [0, 0.1) is 18.3 Å². The van der Waals surface area contributed by atoms with E-state index < -0.39 is 6.09 Å². The van der Waals surface area contributed by atoms with Gasteiger partial charge in [0.2, 0.25) is 5.88 Å². The molecule has 5 rings (SSSR count). The van der Waals surface area contributed by atoms with Gasteiger partial charge in [-0.05, 0) is 30.0 Å². The van der Waals surface area contributed by atoms with Crippen LogP contribution in [-0.2, 0) is 9.47 Å². The Morgan fingerprint density at radius 2 is 2.18 bits per heavy atom. The highest BCUT2D eigenvalue weighted by molar-refractivity contribution is 6.02. The maximum absolute atomic E-state index is 12.2. The maximum Gasteiger partial charge on any atom is 0.413 e. The average Bonchev–Trinajstić information content (AvgIpc) is 3.32. The van der Waals surface area contributed by atoms with E-state index in [1.165, 1.54) is 6.20 Å². The number of nitriles is 1. The molecule has 10 nitrogen and oxygen atoms in total. The normalized spacial score (nSPS) is 16.9. The van der Waals surface area contributed by atoms with Crippen molar-refractivity contribution in [2.24, 2.45) is 0 Å². The predicted octanol–water partition coefficient (Wildman–Crippen LogP) is 3.20. The van der Waals surface area contributed by atoms with Gasteiger partial charge in [0.15, 0.2) is 0 Å². The lowest BCUT2D eigenvalue weighted by molar-refractivity contribution is 0.0931. The Hall–Kier alpha value is -4.10. The molecule has 1 aromatic carbocycles. The monoisotopic (exact) mass is 446 g/mol. The van der Waals surface area contributed by atoms with Gasteiger partial charge in [0.25, 0.3) is 0 Å². The van der Waals surface area contributed by atoms with Crippen molar-refractivity contribution in [3.8, 4) is 23.1 Å². The molecule has 33 heavy (non-hydrogen) atoms. The third-order valence-corrected chi connectivity index (χ3v) is 5.80. The van der Waals surface area contributed by atoms with Crippen molar-refractivity contribution in [1.29, 1.82) is 5.26 Å². The first-order chi connectivity index (χ1) is 16.0. The highest BCUT2D eigenvalue weighted by atomic mass is 16.6. The number of pyridine rings is 2. The molecule has 0 saturated carbocycles. The van der Waals surface area contributed by atoms with Crippen LogP contribution >= 0.6 is 0 Å².